The number of hydrogen-bond donors (Lipinski definition) is 4. The molecule has 4 N–H and O–H groups in total. The van der Waals surface area contributed by atoms with E-state index in [1.807, 2.05) is 58.3 Å². The molecule has 2 aromatic rings. The summed E-state index contributed by atoms with van der Waals surface area (Å²) in [6.45, 7) is 5.42. The summed E-state index contributed by atoms with van der Waals surface area (Å²) in [5, 5.41) is 11.6. The summed E-state index contributed by atoms with van der Waals surface area (Å²) < 4.78 is 6.07. The summed E-state index contributed by atoms with van der Waals surface area (Å²) in [4.78, 5) is 55.2. The number of benzene rings is 2. The van der Waals surface area contributed by atoms with E-state index in [1.54, 1.807) is 24.3 Å². The van der Waals surface area contributed by atoms with Crippen LogP contribution in [0.4, 0.5) is 0 Å². The number of carbonyl (C=O) groups excluding carboxylic acids is 4. The van der Waals surface area contributed by atoms with Gasteiger partial charge in [-0.1, -0.05) is 56.3 Å². The number of rotatable bonds is 9. The van der Waals surface area contributed by atoms with Gasteiger partial charge in [0.05, 0.1) is 11.6 Å². The summed E-state index contributed by atoms with van der Waals surface area (Å²) in [6.07, 6.45) is 2.02. The third kappa shape index (κ3) is 10.5. The number of ether oxygens (including phenoxy) is 1. The molecule has 3 atom stereocenters. The molecule has 0 radical (unpaired) electrons. The highest BCUT2D eigenvalue weighted by Crippen LogP contribution is 2.20. The Kier molecular flexibility index (Phi) is 12.8. The lowest BCUT2D eigenvalue weighted by molar-refractivity contribution is -0.130. The molecule has 1 heterocycles. The van der Waals surface area contributed by atoms with E-state index in [2.05, 4.69) is 26.2 Å². The predicted octanol–water partition coefficient (Wildman–Crippen LogP) is 2.28. The second-order valence-corrected chi connectivity index (χ2v) is 11.3. The molecule has 10 nitrogen and oxygen atoms in total. The van der Waals surface area contributed by atoms with Crippen LogP contribution in [-0.2, 0) is 20.8 Å². The SMILES string of the molecule is CC(C)[C@@H]1COc2ccccc2C(=O)N[C@H](C(=O)NCCCCN(C)C)CCC(=O)N[C@@H](Cc2ccccc2)C(=O)N1. The molecule has 42 heavy (non-hydrogen) atoms. The van der Waals surface area contributed by atoms with Crippen molar-refractivity contribution in [1.82, 2.24) is 26.2 Å². The van der Waals surface area contributed by atoms with Gasteiger partial charge in [0.1, 0.15) is 24.4 Å². The maximum Gasteiger partial charge on any atom is 0.255 e. The summed E-state index contributed by atoms with van der Waals surface area (Å²) in [6, 6.07) is 14.1. The molecule has 1 aliphatic rings. The maximum absolute atomic E-state index is 13.5. The van der Waals surface area contributed by atoms with Crippen LogP contribution in [-0.4, -0.2) is 80.4 Å². The van der Waals surface area contributed by atoms with Crippen LogP contribution in [0.3, 0.4) is 0 Å². The zero-order valence-electron chi connectivity index (χ0n) is 25.2. The standard InChI is InChI=1S/C32H45N5O5/c1-22(2)27-21-42-28-15-9-8-14-24(28)30(39)35-25(31(40)33-18-10-11-19-37(3)4)16-17-29(38)34-26(32(41)36-27)20-23-12-6-5-7-13-23/h5-9,12-15,22,25-27H,10-11,16-21H2,1-4H3,(H,33,40)(H,34,38)(H,35,39)(H,36,41)/t25-,26-,27-/m0/s1. The van der Waals surface area contributed by atoms with E-state index >= 15 is 0 Å². The molecule has 2 aromatic carbocycles. The number of amides is 4. The van der Waals surface area contributed by atoms with E-state index in [-0.39, 0.29) is 54.7 Å². The van der Waals surface area contributed by atoms with Gasteiger partial charge < -0.3 is 30.9 Å². The van der Waals surface area contributed by atoms with Gasteiger partial charge in [0.15, 0.2) is 0 Å². The first kappa shape index (κ1) is 32.6. The fourth-order valence-corrected chi connectivity index (χ4v) is 4.64. The minimum absolute atomic E-state index is 0.0181. The molecule has 0 unspecified atom stereocenters. The number of unbranched alkanes of at least 4 members (excludes halogenated alkanes) is 1. The maximum atomic E-state index is 13.5. The van der Waals surface area contributed by atoms with Crippen molar-refractivity contribution in [2.75, 3.05) is 33.8 Å². The minimum Gasteiger partial charge on any atom is -0.491 e. The Hall–Kier alpha value is -3.92. The lowest BCUT2D eigenvalue weighted by atomic mass is 10.0. The number of para-hydroxylation sites is 1. The molecular weight excluding hydrogens is 534 g/mol. The van der Waals surface area contributed by atoms with E-state index in [4.69, 9.17) is 4.74 Å². The van der Waals surface area contributed by atoms with Crippen molar-refractivity contribution in [3.05, 3.63) is 65.7 Å². The molecular formula is C32H45N5O5. The number of nitrogens with one attached hydrogen (secondary N) is 4. The average molecular weight is 580 g/mol. The Balaban J connectivity index is 1.85. The Morgan fingerprint density at radius 2 is 1.69 bits per heavy atom. The van der Waals surface area contributed by atoms with E-state index in [1.165, 1.54) is 0 Å². The molecule has 0 aliphatic carbocycles. The van der Waals surface area contributed by atoms with Crippen molar-refractivity contribution < 1.29 is 23.9 Å². The van der Waals surface area contributed by atoms with E-state index < -0.39 is 18.0 Å². The summed E-state index contributed by atoms with van der Waals surface area (Å²) >= 11 is 0. The number of hydrogen-bond acceptors (Lipinski definition) is 6. The number of carbonyl (C=O) groups is 4. The Bertz CT molecular complexity index is 1190. The Morgan fingerprint density at radius 1 is 0.976 bits per heavy atom. The molecule has 4 amide bonds. The van der Waals surface area contributed by atoms with Gasteiger partial charge in [-0.3, -0.25) is 19.2 Å². The van der Waals surface area contributed by atoms with Crippen molar-refractivity contribution in [3.63, 3.8) is 0 Å². The van der Waals surface area contributed by atoms with Crippen LogP contribution >= 0.6 is 0 Å². The smallest absolute Gasteiger partial charge is 0.255 e. The van der Waals surface area contributed by atoms with Crippen LogP contribution in [0.1, 0.15) is 55.5 Å². The van der Waals surface area contributed by atoms with Crippen molar-refractivity contribution in [3.8, 4) is 5.75 Å². The van der Waals surface area contributed by atoms with Gasteiger partial charge in [-0.05, 0) is 63.5 Å². The van der Waals surface area contributed by atoms with E-state index in [9.17, 15) is 19.2 Å². The van der Waals surface area contributed by atoms with Crippen molar-refractivity contribution >= 4 is 23.6 Å². The zero-order valence-corrected chi connectivity index (χ0v) is 25.2. The van der Waals surface area contributed by atoms with Crippen LogP contribution in [0.15, 0.2) is 54.6 Å². The normalized spacial score (nSPS) is 20.3. The largest absolute Gasteiger partial charge is 0.491 e. The average Bonchev–Trinajstić information content (AvgIpc) is 2.96. The lowest BCUT2D eigenvalue weighted by Crippen LogP contribution is -2.53. The molecule has 3 rings (SSSR count). The fourth-order valence-electron chi connectivity index (χ4n) is 4.64. The molecule has 0 aromatic heterocycles. The third-order valence-corrected chi connectivity index (χ3v) is 7.23. The fraction of sp³-hybridized carbons (Fsp3) is 0.500. The van der Waals surface area contributed by atoms with Crippen molar-refractivity contribution in [2.24, 2.45) is 5.92 Å². The van der Waals surface area contributed by atoms with Gasteiger partial charge in [0.2, 0.25) is 17.7 Å². The highest BCUT2D eigenvalue weighted by atomic mass is 16.5. The molecule has 0 fully saturated rings. The third-order valence-electron chi connectivity index (χ3n) is 7.23. The molecule has 0 bridgehead atoms. The van der Waals surface area contributed by atoms with Crippen LogP contribution in [0.2, 0.25) is 0 Å². The summed E-state index contributed by atoms with van der Waals surface area (Å²) in [5.41, 5.74) is 1.18. The number of fused-ring (bicyclic) bond motifs is 1. The van der Waals surface area contributed by atoms with Gasteiger partial charge in [-0.2, -0.15) is 0 Å². The zero-order chi connectivity index (χ0) is 30.5. The van der Waals surface area contributed by atoms with E-state index in [0.717, 1.165) is 24.9 Å². The van der Waals surface area contributed by atoms with Gasteiger partial charge in [0, 0.05) is 19.4 Å². The van der Waals surface area contributed by atoms with Gasteiger partial charge in [-0.25, -0.2) is 0 Å². The molecule has 228 valence electrons. The first-order chi connectivity index (χ1) is 20.1. The molecule has 0 saturated carbocycles. The van der Waals surface area contributed by atoms with Crippen molar-refractivity contribution in [1.29, 1.82) is 0 Å². The molecule has 0 saturated heterocycles. The highest BCUT2D eigenvalue weighted by molar-refractivity contribution is 5.99. The van der Waals surface area contributed by atoms with Crippen LogP contribution in [0.5, 0.6) is 5.75 Å². The van der Waals surface area contributed by atoms with Gasteiger partial charge in [-0.15, -0.1) is 0 Å². The first-order valence-electron chi connectivity index (χ1n) is 14.7. The van der Waals surface area contributed by atoms with E-state index in [0.29, 0.717) is 18.7 Å². The first-order valence-corrected chi connectivity index (χ1v) is 14.7. The monoisotopic (exact) mass is 579 g/mol. The quantitative estimate of drug-likeness (QED) is 0.338. The molecule has 10 heteroatoms. The Morgan fingerprint density at radius 3 is 2.40 bits per heavy atom. The molecule has 0 spiro atoms. The highest BCUT2D eigenvalue weighted by Gasteiger charge is 2.29. The van der Waals surface area contributed by atoms with Crippen LogP contribution in [0.25, 0.3) is 0 Å². The number of nitrogens with zero attached hydrogens (tertiary/aromatic N) is 1. The summed E-state index contributed by atoms with van der Waals surface area (Å²) in [7, 11) is 3.99. The second-order valence-electron chi connectivity index (χ2n) is 11.3. The second kappa shape index (κ2) is 16.5. The molecule has 1 aliphatic heterocycles. The lowest BCUT2D eigenvalue weighted by Gasteiger charge is -2.26. The predicted molar refractivity (Wildman–Crippen MR) is 162 cm³/mol. The van der Waals surface area contributed by atoms with Crippen molar-refractivity contribution in [2.45, 2.75) is 64.1 Å². The minimum atomic E-state index is -0.944. The van der Waals surface area contributed by atoms with Gasteiger partial charge >= 0.3 is 0 Å². The topological polar surface area (TPSA) is 129 Å². The van der Waals surface area contributed by atoms with Crippen LogP contribution in [0, 0.1) is 5.92 Å². The Labute approximate surface area is 249 Å². The summed E-state index contributed by atoms with van der Waals surface area (Å²) in [5.74, 6) is -1.16. The van der Waals surface area contributed by atoms with Crippen LogP contribution < -0.4 is 26.0 Å². The van der Waals surface area contributed by atoms with Gasteiger partial charge in [0.25, 0.3) is 5.91 Å².